The summed E-state index contributed by atoms with van der Waals surface area (Å²) in [4.78, 5) is 23.6. The molecule has 3 rings (SSSR count). The van der Waals surface area contributed by atoms with Crippen LogP contribution in [0.5, 0.6) is 5.75 Å². The van der Waals surface area contributed by atoms with Crippen molar-refractivity contribution in [2.75, 3.05) is 0 Å². The molecule has 1 heterocycles. The number of hydrogen-bond donors (Lipinski definition) is 2. The first-order chi connectivity index (χ1) is 11.4. The smallest absolute Gasteiger partial charge is 0.252 e. The summed E-state index contributed by atoms with van der Waals surface area (Å²) in [6.45, 7) is 3.40. The van der Waals surface area contributed by atoms with Crippen LogP contribution in [0.1, 0.15) is 40.0 Å². The van der Waals surface area contributed by atoms with Crippen LogP contribution < -0.4 is 5.32 Å². The van der Waals surface area contributed by atoms with E-state index in [0.29, 0.717) is 39.7 Å². The SMILES string of the molecule is C/C(C=O)=C(\c1ccc(F)cc1C)C1NC(=O)c2ccc(O)cc21. The normalized spacial score (nSPS) is 17.1. The van der Waals surface area contributed by atoms with E-state index in [4.69, 9.17) is 0 Å². The van der Waals surface area contributed by atoms with Crippen molar-refractivity contribution in [2.24, 2.45) is 0 Å². The van der Waals surface area contributed by atoms with E-state index in [1.807, 2.05) is 0 Å². The van der Waals surface area contributed by atoms with Gasteiger partial charge in [-0.05, 0) is 72.0 Å². The Labute approximate surface area is 138 Å². The lowest BCUT2D eigenvalue weighted by Crippen LogP contribution is -2.21. The monoisotopic (exact) mass is 325 g/mol. The molecule has 0 aliphatic carbocycles. The van der Waals surface area contributed by atoms with E-state index >= 15 is 0 Å². The van der Waals surface area contributed by atoms with Gasteiger partial charge in [-0.2, -0.15) is 0 Å². The van der Waals surface area contributed by atoms with Crippen molar-refractivity contribution in [2.45, 2.75) is 19.9 Å². The van der Waals surface area contributed by atoms with Gasteiger partial charge in [-0.3, -0.25) is 9.59 Å². The first kappa shape index (κ1) is 15.9. The van der Waals surface area contributed by atoms with E-state index in [0.717, 1.165) is 0 Å². The second-order valence-corrected chi connectivity index (χ2v) is 5.85. The van der Waals surface area contributed by atoms with Gasteiger partial charge >= 0.3 is 0 Å². The number of fused-ring (bicyclic) bond motifs is 1. The maximum Gasteiger partial charge on any atom is 0.252 e. The molecule has 0 bridgehead atoms. The standard InChI is InChI=1S/C19H16FNO3/c1-10-7-12(20)3-5-14(10)17(11(2)9-22)18-16-8-13(23)4-6-15(16)19(24)21-18/h3-9,18,23H,1-2H3,(H,21,24)/b17-11-. The minimum atomic E-state index is -0.575. The topological polar surface area (TPSA) is 66.4 Å². The molecule has 0 aromatic heterocycles. The van der Waals surface area contributed by atoms with Gasteiger partial charge in [0, 0.05) is 5.56 Å². The van der Waals surface area contributed by atoms with Crippen LogP contribution in [-0.4, -0.2) is 17.3 Å². The fraction of sp³-hybridized carbons (Fsp3) is 0.158. The number of aldehydes is 1. The van der Waals surface area contributed by atoms with Crippen LogP contribution >= 0.6 is 0 Å². The van der Waals surface area contributed by atoms with Crippen molar-refractivity contribution in [3.63, 3.8) is 0 Å². The average Bonchev–Trinajstić information content (AvgIpc) is 2.85. The molecule has 0 saturated carbocycles. The average molecular weight is 325 g/mol. The van der Waals surface area contributed by atoms with E-state index in [1.54, 1.807) is 26.0 Å². The van der Waals surface area contributed by atoms with E-state index < -0.39 is 6.04 Å². The first-order valence-electron chi connectivity index (χ1n) is 7.48. The molecule has 122 valence electrons. The molecule has 2 aromatic rings. The fourth-order valence-electron chi connectivity index (χ4n) is 3.10. The van der Waals surface area contributed by atoms with E-state index in [-0.39, 0.29) is 17.5 Å². The van der Waals surface area contributed by atoms with E-state index in [1.165, 1.54) is 24.3 Å². The molecule has 0 saturated heterocycles. The van der Waals surface area contributed by atoms with Gasteiger partial charge in [-0.25, -0.2) is 4.39 Å². The van der Waals surface area contributed by atoms with Crippen molar-refractivity contribution in [3.05, 3.63) is 70.0 Å². The number of carbonyl (C=O) groups is 2. The third-order valence-electron chi connectivity index (χ3n) is 4.24. The highest BCUT2D eigenvalue weighted by atomic mass is 19.1. The molecule has 1 aliphatic heterocycles. The Hall–Kier alpha value is -2.95. The first-order valence-corrected chi connectivity index (χ1v) is 7.48. The zero-order valence-corrected chi connectivity index (χ0v) is 13.3. The van der Waals surface area contributed by atoms with Crippen LogP contribution in [0, 0.1) is 12.7 Å². The zero-order chi connectivity index (χ0) is 17.4. The molecule has 0 spiro atoms. The summed E-state index contributed by atoms with van der Waals surface area (Å²) >= 11 is 0. The Balaban J connectivity index is 2.22. The Bertz CT molecular complexity index is 886. The van der Waals surface area contributed by atoms with Crippen molar-refractivity contribution in [1.29, 1.82) is 0 Å². The number of nitrogens with one attached hydrogen (secondary N) is 1. The number of phenols is 1. The van der Waals surface area contributed by atoms with Crippen molar-refractivity contribution in [3.8, 4) is 5.75 Å². The summed E-state index contributed by atoms with van der Waals surface area (Å²) in [6.07, 6.45) is 0.713. The number of aryl methyl sites for hydroxylation is 1. The predicted molar refractivity (Wildman–Crippen MR) is 88.1 cm³/mol. The highest BCUT2D eigenvalue weighted by Crippen LogP contribution is 2.40. The summed E-state index contributed by atoms with van der Waals surface area (Å²) in [5, 5.41) is 12.6. The molecular weight excluding hydrogens is 309 g/mol. The van der Waals surface area contributed by atoms with Crippen molar-refractivity contribution < 1.29 is 19.1 Å². The van der Waals surface area contributed by atoms with E-state index in [9.17, 15) is 19.1 Å². The minimum Gasteiger partial charge on any atom is -0.508 e. The molecule has 5 heteroatoms. The van der Waals surface area contributed by atoms with Gasteiger partial charge in [-0.1, -0.05) is 6.07 Å². The molecule has 0 fully saturated rings. The van der Waals surface area contributed by atoms with E-state index in [2.05, 4.69) is 5.32 Å². The second-order valence-electron chi connectivity index (χ2n) is 5.85. The lowest BCUT2D eigenvalue weighted by atomic mass is 9.87. The molecule has 1 atom stereocenters. The molecule has 0 radical (unpaired) electrons. The van der Waals surface area contributed by atoms with Gasteiger partial charge in [0.05, 0.1) is 6.04 Å². The number of allylic oxidation sites excluding steroid dienone is 1. The Kier molecular flexibility index (Phi) is 3.93. The molecule has 1 aliphatic rings. The van der Waals surface area contributed by atoms with Gasteiger partial charge in [0.2, 0.25) is 0 Å². The maximum atomic E-state index is 13.4. The maximum absolute atomic E-state index is 13.4. The van der Waals surface area contributed by atoms with Crippen molar-refractivity contribution >= 4 is 17.8 Å². The molecule has 4 nitrogen and oxygen atoms in total. The van der Waals surface area contributed by atoms with Crippen LogP contribution in [0.3, 0.4) is 0 Å². The van der Waals surface area contributed by atoms with Crippen LogP contribution in [-0.2, 0) is 4.79 Å². The summed E-state index contributed by atoms with van der Waals surface area (Å²) in [6, 6.07) is 8.22. The predicted octanol–water partition coefficient (Wildman–Crippen LogP) is 3.30. The number of amides is 1. The van der Waals surface area contributed by atoms with Crippen molar-refractivity contribution in [1.82, 2.24) is 5.32 Å². The van der Waals surface area contributed by atoms with Gasteiger partial charge in [0.15, 0.2) is 0 Å². The number of aromatic hydroxyl groups is 1. The Morgan fingerprint density at radius 2 is 2.00 bits per heavy atom. The van der Waals surface area contributed by atoms with Crippen LogP contribution in [0.2, 0.25) is 0 Å². The van der Waals surface area contributed by atoms with Gasteiger partial charge in [0.1, 0.15) is 17.9 Å². The number of carbonyl (C=O) groups excluding carboxylic acids is 2. The fourth-order valence-corrected chi connectivity index (χ4v) is 3.10. The molecule has 2 aromatic carbocycles. The van der Waals surface area contributed by atoms with Gasteiger partial charge in [-0.15, -0.1) is 0 Å². The number of hydrogen-bond acceptors (Lipinski definition) is 3. The Morgan fingerprint density at radius 1 is 1.25 bits per heavy atom. The summed E-state index contributed by atoms with van der Waals surface area (Å²) in [5.74, 6) is -0.604. The quantitative estimate of drug-likeness (QED) is 0.672. The number of halogens is 1. The lowest BCUT2D eigenvalue weighted by molar-refractivity contribution is -0.104. The Morgan fingerprint density at radius 3 is 2.67 bits per heavy atom. The number of rotatable bonds is 3. The molecule has 24 heavy (non-hydrogen) atoms. The second kappa shape index (κ2) is 5.92. The van der Waals surface area contributed by atoms with Gasteiger partial charge in [0.25, 0.3) is 5.91 Å². The summed E-state index contributed by atoms with van der Waals surface area (Å²) in [5.41, 5.74) is 3.43. The third kappa shape index (κ3) is 2.58. The van der Waals surface area contributed by atoms with Crippen LogP contribution in [0.25, 0.3) is 5.57 Å². The molecule has 1 unspecified atom stereocenters. The highest BCUT2D eigenvalue weighted by molar-refractivity contribution is 6.03. The molecule has 1 amide bonds. The summed E-state index contributed by atoms with van der Waals surface area (Å²) < 4.78 is 13.4. The molecule has 2 N–H and O–H groups in total. The highest BCUT2D eigenvalue weighted by Gasteiger charge is 2.33. The third-order valence-corrected chi connectivity index (χ3v) is 4.24. The van der Waals surface area contributed by atoms with Crippen LogP contribution in [0.15, 0.2) is 42.0 Å². The zero-order valence-electron chi connectivity index (χ0n) is 13.3. The molecular formula is C19H16FNO3. The summed E-state index contributed by atoms with van der Waals surface area (Å²) in [7, 11) is 0. The largest absolute Gasteiger partial charge is 0.508 e. The lowest BCUT2D eigenvalue weighted by Gasteiger charge is -2.20. The number of phenolic OH excluding ortho intramolecular Hbond substituents is 1. The van der Waals surface area contributed by atoms with Crippen LogP contribution in [0.4, 0.5) is 4.39 Å². The minimum absolute atomic E-state index is 0.0363. The number of benzene rings is 2. The van der Waals surface area contributed by atoms with Gasteiger partial charge < -0.3 is 10.4 Å².